The van der Waals surface area contributed by atoms with Crippen molar-refractivity contribution in [2.24, 2.45) is 0 Å². The normalized spacial score (nSPS) is 20.6. The predicted molar refractivity (Wildman–Crippen MR) is 73.4 cm³/mol. The summed E-state index contributed by atoms with van der Waals surface area (Å²) in [5.74, 6) is 0. The number of hydrogen-bond acceptors (Lipinski definition) is 3. The quantitative estimate of drug-likeness (QED) is 0.706. The molecule has 0 aromatic carbocycles. The van der Waals surface area contributed by atoms with Crippen molar-refractivity contribution in [1.82, 2.24) is 10.2 Å². The van der Waals surface area contributed by atoms with Crippen LogP contribution in [0.3, 0.4) is 0 Å². The van der Waals surface area contributed by atoms with Crippen LogP contribution in [0.2, 0.25) is 0 Å². The zero-order valence-corrected chi connectivity index (χ0v) is 12.4. The molecular formula is C14H30N2O. The Kier molecular flexibility index (Phi) is 5.42. The van der Waals surface area contributed by atoms with Gasteiger partial charge < -0.3 is 10.1 Å². The van der Waals surface area contributed by atoms with E-state index in [0.717, 1.165) is 19.0 Å². The van der Waals surface area contributed by atoms with Gasteiger partial charge in [0, 0.05) is 31.8 Å². The smallest absolute Gasteiger partial charge is 0.0637 e. The number of nitrogens with zero attached hydrogens (tertiary/aromatic N) is 1. The van der Waals surface area contributed by atoms with Crippen LogP contribution in [0.4, 0.5) is 0 Å². The van der Waals surface area contributed by atoms with Gasteiger partial charge in [0.1, 0.15) is 0 Å². The van der Waals surface area contributed by atoms with Gasteiger partial charge in [0.15, 0.2) is 0 Å². The summed E-state index contributed by atoms with van der Waals surface area (Å²) in [4.78, 5) is 2.50. The Balaban J connectivity index is 2.20. The molecule has 0 spiro atoms. The van der Waals surface area contributed by atoms with Gasteiger partial charge in [-0.1, -0.05) is 0 Å². The second-order valence-corrected chi connectivity index (χ2v) is 6.22. The average Bonchev–Trinajstić information content (AvgIpc) is 3.08. The maximum Gasteiger partial charge on any atom is 0.0637 e. The zero-order chi connectivity index (χ0) is 13.1. The number of rotatable bonds is 8. The van der Waals surface area contributed by atoms with Crippen LogP contribution >= 0.6 is 0 Å². The van der Waals surface area contributed by atoms with Gasteiger partial charge in [0.2, 0.25) is 0 Å². The topological polar surface area (TPSA) is 24.5 Å². The number of likely N-dealkylation sites (N-methyl/N-ethyl adjacent to an activating group) is 1. The second kappa shape index (κ2) is 6.17. The summed E-state index contributed by atoms with van der Waals surface area (Å²) in [6.45, 7) is 9.90. The highest BCUT2D eigenvalue weighted by Crippen LogP contribution is 2.26. The molecule has 1 saturated carbocycles. The Hall–Kier alpha value is -0.120. The van der Waals surface area contributed by atoms with Gasteiger partial charge in [-0.05, 0) is 54.0 Å². The molecule has 0 bridgehead atoms. The molecule has 3 nitrogen and oxygen atoms in total. The molecule has 2 unspecified atom stereocenters. The van der Waals surface area contributed by atoms with Crippen LogP contribution in [0.5, 0.6) is 0 Å². The fraction of sp³-hybridized carbons (Fsp3) is 1.00. The highest BCUT2D eigenvalue weighted by Gasteiger charge is 2.29. The van der Waals surface area contributed by atoms with Crippen molar-refractivity contribution in [2.45, 2.75) is 70.7 Å². The SMILES string of the molecule is COC(C)(C)CC(C)NCC(C)N(C)C1CC1. The van der Waals surface area contributed by atoms with E-state index in [1.807, 2.05) is 0 Å². The van der Waals surface area contributed by atoms with Gasteiger partial charge in [0.05, 0.1) is 5.60 Å². The van der Waals surface area contributed by atoms with Crippen molar-refractivity contribution in [3.8, 4) is 0 Å². The molecule has 1 N–H and O–H groups in total. The maximum absolute atomic E-state index is 5.46. The molecule has 1 aliphatic rings. The Labute approximate surface area is 107 Å². The van der Waals surface area contributed by atoms with Crippen molar-refractivity contribution in [2.75, 3.05) is 20.7 Å². The molecule has 1 rings (SSSR count). The van der Waals surface area contributed by atoms with Gasteiger partial charge >= 0.3 is 0 Å². The second-order valence-electron chi connectivity index (χ2n) is 6.22. The lowest BCUT2D eigenvalue weighted by Crippen LogP contribution is -2.44. The number of ether oxygens (including phenoxy) is 1. The Bertz CT molecular complexity index is 226. The Morgan fingerprint density at radius 3 is 2.41 bits per heavy atom. The summed E-state index contributed by atoms with van der Waals surface area (Å²) in [6, 6.07) is 1.97. The van der Waals surface area contributed by atoms with Gasteiger partial charge in [0.25, 0.3) is 0 Å². The largest absolute Gasteiger partial charge is 0.379 e. The van der Waals surface area contributed by atoms with Gasteiger partial charge in [-0.3, -0.25) is 4.90 Å². The van der Waals surface area contributed by atoms with Crippen LogP contribution in [0, 0.1) is 0 Å². The van der Waals surface area contributed by atoms with E-state index in [9.17, 15) is 0 Å². The van der Waals surface area contributed by atoms with Crippen LogP contribution in [-0.4, -0.2) is 49.3 Å². The summed E-state index contributed by atoms with van der Waals surface area (Å²) < 4.78 is 5.46. The van der Waals surface area contributed by atoms with E-state index < -0.39 is 0 Å². The van der Waals surface area contributed by atoms with Gasteiger partial charge in [-0.2, -0.15) is 0 Å². The first-order valence-corrected chi connectivity index (χ1v) is 6.86. The van der Waals surface area contributed by atoms with E-state index in [2.05, 4.69) is 45.0 Å². The van der Waals surface area contributed by atoms with E-state index in [0.29, 0.717) is 12.1 Å². The first kappa shape index (κ1) is 14.9. The highest BCUT2D eigenvalue weighted by molar-refractivity contribution is 4.86. The minimum atomic E-state index is -0.0297. The van der Waals surface area contributed by atoms with E-state index >= 15 is 0 Å². The average molecular weight is 242 g/mol. The van der Waals surface area contributed by atoms with Crippen molar-refractivity contribution in [3.63, 3.8) is 0 Å². The summed E-state index contributed by atoms with van der Waals surface area (Å²) in [7, 11) is 4.03. The molecule has 102 valence electrons. The van der Waals surface area contributed by atoms with E-state index in [1.165, 1.54) is 12.8 Å². The molecule has 0 heterocycles. The van der Waals surface area contributed by atoms with Crippen molar-refractivity contribution >= 4 is 0 Å². The van der Waals surface area contributed by atoms with Gasteiger partial charge in [-0.15, -0.1) is 0 Å². The van der Waals surface area contributed by atoms with Crippen molar-refractivity contribution < 1.29 is 4.74 Å². The van der Waals surface area contributed by atoms with Crippen LogP contribution in [0.1, 0.15) is 47.0 Å². The molecule has 0 amide bonds. The lowest BCUT2D eigenvalue weighted by molar-refractivity contribution is 0.00813. The predicted octanol–water partition coefficient (Wildman–Crippen LogP) is 2.26. The molecule has 1 aliphatic carbocycles. The van der Waals surface area contributed by atoms with Gasteiger partial charge in [-0.25, -0.2) is 0 Å². The monoisotopic (exact) mass is 242 g/mol. The van der Waals surface area contributed by atoms with E-state index in [4.69, 9.17) is 4.74 Å². The molecule has 0 aliphatic heterocycles. The Morgan fingerprint density at radius 1 is 1.35 bits per heavy atom. The lowest BCUT2D eigenvalue weighted by atomic mass is 10.00. The van der Waals surface area contributed by atoms with E-state index in [-0.39, 0.29) is 5.60 Å². The first-order chi connectivity index (χ1) is 7.85. The highest BCUT2D eigenvalue weighted by atomic mass is 16.5. The molecule has 17 heavy (non-hydrogen) atoms. The molecule has 1 fully saturated rings. The Morgan fingerprint density at radius 2 is 1.94 bits per heavy atom. The number of hydrogen-bond donors (Lipinski definition) is 1. The van der Waals surface area contributed by atoms with Crippen LogP contribution in [0.15, 0.2) is 0 Å². The minimum absolute atomic E-state index is 0.0297. The van der Waals surface area contributed by atoms with Crippen LogP contribution in [-0.2, 0) is 4.74 Å². The molecule has 2 atom stereocenters. The van der Waals surface area contributed by atoms with Crippen molar-refractivity contribution in [1.29, 1.82) is 0 Å². The summed E-state index contributed by atoms with van der Waals surface area (Å²) >= 11 is 0. The van der Waals surface area contributed by atoms with Crippen LogP contribution < -0.4 is 5.32 Å². The maximum atomic E-state index is 5.46. The fourth-order valence-corrected chi connectivity index (χ4v) is 2.25. The standard InChI is InChI=1S/C14H30N2O/c1-11(9-14(3,4)17-6)15-10-12(2)16(5)13-7-8-13/h11-13,15H,7-10H2,1-6H3. The number of methoxy groups -OCH3 is 1. The third-order valence-electron chi connectivity index (χ3n) is 3.93. The third kappa shape index (κ3) is 5.36. The fourth-order valence-electron chi connectivity index (χ4n) is 2.25. The molecule has 0 saturated heterocycles. The molecule has 3 heteroatoms. The summed E-state index contributed by atoms with van der Waals surface area (Å²) in [6.07, 6.45) is 3.81. The summed E-state index contributed by atoms with van der Waals surface area (Å²) in [5, 5.41) is 3.61. The molecular weight excluding hydrogens is 212 g/mol. The summed E-state index contributed by atoms with van der Waals surface area (Å²) in [5.41, 5.74) is -0.0297. The molecule has 0 aromatic rings. The minimum Gasteiger partial charge on any atom is -0.379 e. The van der Waals surface area contributed by atoms with Crippen molar-refractivity contribution in [3.05, 3.63) is 0 Å². The number of nitrogens with one attached hydrogen (secondary N) is 1. The van der Waals surface area contributed by atoms with Crippen LogP contribution in [0.25, 0.3) is 0 Å². The third-order valence-corrected chi connectivity index (χ3v) is 3.93. The lowest BCUT2D eigenvalue weighted by Gasteiger charge is -2.30. The zero-order valence-electron chi connectivity index (χ0n) is 12.4. The molecule has 0 aromatic heterocycles. The van der Waals surface area contributed by atoms with E-state index in [1.54, 1.807) is 7.11 Å². The first-order valence-electron chi connectivity index (χ1n) is 6.86. The molecule has 0 radical (unpaired) electrons.